The number of nitrogens with one attached hydrogen (secondary N) is 1. The van der Waals surface area contributed by atoms with Crippen molar-refractivity contribution in [3.63, 3.8) is 0 Å². The van der Waals surface area contributed by atoms with E-state index in [0.29, 0.717) is 60.7 Å². The van der Waals surface area contributed by atoms with Gasteiger partial charge >= 0.3 is 0 Å². The van der Waals surface area contributed by atoms with Crippen molar-refractivity contribution in [3.05, 3.63) is 72.3 Å². The summed E-state index contributed by atoms with van der Waals surface area (Å²) in [4.78, 5) is 15.5. The van der Waals surface area contributed by atoms with Crippen LogP contribution in [0, 0.1) is 0 Å². The van der Waals surface area contributed by atoms with Gasteiger partial charge in [0.25, 0.3) is 5.91 Å². The maximum atomic E-state index is 13.3. The first-order valence-electron chi connectivity index (χ1n) is 11.6. The van der Waals surface area contributed by atoms with Crippen molar-refractivity contribution in [2.45, 2.75) is 13.8 Å². The summed E-state index contributed by atoms with van der Waals surface area (Å²) >= 11 is 0. The van der Waals surface area contributed by atoms with Gasteiger partial charge in [-0.25, -0.2) is 0 Å². The van der Waals surface area contributed by atoms with Gasteiger partial charge in [-0.1, -0.05) is 30.3 Å². The number of anilines is 2. The van der Waals surface area contributed by atoms with Crippen molar-refractivity contribution in [1.29, 1.82) is 0 Å². The maximum Gasteiger partial charge on any atom is 0.259 e. The molecule has 1 heterocycles. The van der Waals surface area contributed by atoms with Gasteiger partial charge in [-0.2, -0.15) is 0 Å². The van der Waals surface area contributed by atoms with Crippen molar-refractivity contribution in [2.75, 3.05) is 49.7 Å². The molecule has 0 spiro atoms. The Morgan fingerprint density at radius 2 is 1.56 bits per heavy atom. The molecule has 0 unspecified atom stereocenters. The molecule has 1 saturated heterocycles. The third-order valence-corrected chi connectivity index (χ3v) is 5.36. The fourth-order valence-electron chi connectivity index (χ4n) is 3.79. The molecule has 7 heteroatoms. The zero-order valence-corrected chi connectivity index (χ0v) is 19.6. The van der Waals surface area contributed by atoms with Crippen LogP contribution in [-0.2, 0) is 4.74 Å². The van der Waals surface area contributed by atoms with E-state index in [4.69, 9.17) is 18.9 Å². The zero-order chi connectivity index (χ0) is 23.8. The van der Waals surface area contributed by atoms with E-state index in [9.17, 15) is 4.79 Å². The molecular weight excluding hydrogens is 432 g/mol. The Balaban J connectivity index is 1.64. The van der Waals surface area contributed by atoms with Crippen molar-refractivity contribution < 1.29 is 23.7 Å². The number of amides is 1. The molecule has 3 aromatic carbocycles. The largest absolute Gasteiger partial charge is 0.492 e. The van der Waals surface area contributed by atoms with Crippen LogP contribution >= 0.6 is 0 Å². The van der Waals surface area contributed by atoms with Crippen LogP contribution in [0.1, 0.15) is 24.2 Å². The topological polar surface area (TPSA) is 69.3 Å². The van der Waals surface area contributed by atoms with Gasteiger partial charge in [0.2, 0.25) is 0 Å². The Hall–Kier alpha value is -3.71. The van der Waals surface area contributed by atoms with Gasteiger partial charge in [-0.15, -0.1) is 0 Å². The van der Waals surface area contributed by atoms with Crippen LogP contribution in [-0.4, -0.2) is 45.4 Å². The van der Waals surface area contributed by atoms with Crippen molar-refractivity contribution in [1.82, 2.24) is 0 Å². The van der Waals surface area contributed by atoms with Crippen LogP contribution in [0.5, 0.6) is 23.0 Å². The second-order valence-corrected chi connectivity index (χ2v) is 7.65. The average Bonchev–Trinajstić information content (AvgIpc) is 2.87. The molecule has 178 valence electrons. The number of ether oxygens (including phenoxy) is 4. The Kier molecular flexibility index (Phi) is 7.88. The molecule has 0 aliphatic carbocycles. The van der Waals surface area contributed by atoms with E-state index in [1.54, 1.807) is 12.1 Å². The van der Waals surface area contributed by atoms with Crippen LogP contribution in [0.2, 0.25) is 0 Å². The number of para-hydroxylation sites is 2. The number of benzene rings is 3. The highest BCUT2D eigenvalue weighted by Gasteiger charge is 2.21. The molecule has 0 atom stereocenters. The first kappa shape index (κ1) is 23.4. The van der Waals surface area contributed by atoms with E-state index in [1.807, 2.05) is 68.4 Å². The molecule has 0 bridgehead atoms. The van der Waals surface area contributed by atoms with E-state index in [0.717, 1.165) is 18.8 Å². The summed E-state index contributed by atoms with van der Waals surface area (Å²) in [6.07, 6.45) is 0. The quantitative estimate of drug-likeness (QED) is 0.461. The van der Waals surface area contributed by atoms with E-state index in [-0.39, 0.29) is 5.91 Å². The van der Waals surface area contributed by atoms with E-state index < -0.39 is 0 Å². The molecular formula is C27H30N2O5. The Labute approximate surface area is 200 Å². The Morgan fingerprint density at radius 1 is 0.882 bits per heavy atom. The van der Waals surface area contributed by atoms with Crippen LogP contribution in [0.15, 0.2) is 66.7 Å². The number of hydrogen-bond donors (Lipinski definition) is 1. The molecule has 7 nitrogen and oxygen atoms in total. The van der Waals surface area contributed by atoms with Crippen LogP contribution in [0.4, 0.5) is 11.4 Å². The SMILES string of the molecule is CCOc1cc(N2CCOCC2)c(OCC)cc1NC(=O)c1ccccc1Oc1ccccc1. The molecule has 1 aliphatic heterocycles. The molecule has 4 rings (SSSR count). The van der Waals surface area contributed by atoms with E-state index in [2.05, 4.69) is 10.2 Å². The first-order valence-corrected chi connectivity index (χ1v) is 11.6. The van der Waals surface area contributed by atoms with Gasteiger partial charge in [-0.05, 0) is 38.1 Å². The number of hydrogen-bond acceptors (Lipinski definition) is 6. The standard InChI is InChI=1S/C27H30N2O5/c1-3-32-25-19-23(29-14-16-31-17-15-29)26(33-4-2)18-22(25)28-27(30)21-12-8-9-13-24(21)34-20-10-6-5-7-11-20/h5-13,18-19H,3-4,14-17H2,1-2H3,(H,28,30). The third kappa shape index (κ3) is 5.61. The fraction of sp³-hybridized carbons (Fsp3) is 0.296. The molecule has 1 aliphatic rings. The molecule has 1 amide bonds. The fourth-order valence-corrected chi connectivity index (χ4v) is 3.79. The number of nitrogens with zero attached hydrogens (tertiary/aromatic N) is 1. The zero-order valence-electron chi connectivity index (χ0n) is 19.6. The number of rotatable bonds is 9. The highest BCUT2D eigenvalue weighted by molar-refractivity contribution is 6.07. The molecule has 3 aromatic rings. The summed E-state index contributed by atoms with van der Waals surface area (Å²) < 4.78 is 23.3. The Morgan fingerprint density at radius 3 is 2.29 bits per heavy atom. The number of morpholine rings is 1. The van der Waals surface area contributed by atoms with Gasteiger partial charge in [0.05, 0.1) is 43.4 Å². The predicted octanol–water partition coefficient (Wildman–Crippen LogP) is 5.37. The highest BCUT2D eigenvalue weighted by Crippen LogP contribution is 2.40. The minimum atomic E-state index is -0.297. The Bertz CT molecular complexity index is 1100. The molecule has 0 aromatic heterocycles. The summed E-state index contributed by atoms with van der Waals surface area (Å²) in [5, 5.41) is 3.00. The minimum Gasteiger partial charge on any atom is -0.492 e. The normalized spacial score (nSPS) is 13.3. The third-order valence-electron chi connectivity index (χ3n) is 5.36. The average molecular weight is 463 g/mol. The maximum absolute atomic E-state index is 13.3. The highest BCUT2D eigenvalue weighted by atomic mass is 16.5. The van der Waals surface area contributed by atoms with Crippen LogP contribution in [0.25, 0.3) is 0 Å². The lowest BCUT2D eigenvalue weighted by molar-refractivity contribution is 0.102. The van der Waals surface area contributed by atoms with Crippen LogP contribution in [0.3, 0.4) is 0 Å². The molecule has 0 saturated carbocycles. The number of carbonyl (C=O) groups is 1. The molecule has 34 heavy (non-hydrogen) atoms. The lowest BCUT2D eigenvalue weighted by atomic mass is 10.1. The summed E-state index contributed by atoms with van der Waals surface area (Å²) in [5.74, 6) is 2.11. The molecule has 1 N–H and O–H groups in total. The van der Waals surface area contributed by atoms with Crippen molar-refractivity contribution in [3.8, 4) is 23.0 Å². The van der Waals surface area contributed by atoms with Gasteiger partial charge in [0.15, 0.2) is 0 Å². The van der Waals surface area contributed by atoms with Crippen molar-refractivity contribution >= 4 is 17.3 Å². The van der Waals surface area contributed by atoms with Gasteiger partial charge in [0, 0.05) is 25.2 Å². The predicted molar refractivity (Wildman–Crippen MR) is 133 cm³/mol. The van der Waals surface area contributed by atoms with Gasteiger partial charge < -0.3 is 29.2 Å². The lowest BCUT2D eigenvalue weighted by Gasteiger charge is -2.31. The monoisotopic (exact) mass is 462 g/mol. The summed E-state index contributed by atoms with van der Waals surface area (Å²) in [6.45, 7) is 7.68. The summed E-state index contributed by atoms with van der Waals surface area (Å²) in [6, 6.07) is 20.3. The van der Waals surface area contributed by atoms with Gasteiger partial charge in [-0.3, -0.25) is 4.79 Å². The smallest absolute Gasteiger partial charge is 0.259 e. The number of carbonyl (C=O) groups excluding carboxylic acids is 1. The van der Waals surface area contributed by atoms with Gasteiger partial charge in [0.1, 0.15) is 23.0 Å². The molecule has 1 fully saturated rings. The van der Waals surface area contributed by atoms with E-state index in [1.165, 1.54) is 0 Å². The molecule has 0 radical (unpaired) electrons. The summed E-state index contributed by atoms with van der Waals surface area (Å²) in [5.41, 5.74) is 1.89. The van der Waals surface area contributed by atoms with Crippen molar-refractivity contribution in [2.24, 2.45) is 0 Å². The lowest BCUT2D eigenvalue weighted by Crippen LogP contribution is -2.36. The first-order chi connectivity index (χ1) is 16.7. The van der Waals surface area contributed by atoms with Crippen LogP contribution < -0.4 is 24.4 Å². The second kappa shape index (κ2) is 11.4. The second-order valence-electron chi connectivity index (χ2n) is 7.65. The summed E-state index contributed by atoms with van der Waals surface area (Å²) in [7, 11) is 0. The van der Waals surface area contributed by atoms with E-state index >= 15 is 0 Å². The minimum absolute atomic E-state index is 0.297.